The van der Waals surface area contributed by atoms with Gasteiger partial charge in [0.1, 0.15) is 5.82 Å². The summed E-state index contributed by atoms with van der Waals surface area (Å²) in [6.45, 7) is 2.13. The molecular formula is C10H13Br2ClN2. The highest BCUT2D eigenvalue weighted by Gasteiger charge is 2.06. The summed E-state index contributed by atoms with van der Waals surface area (Å²) in [5, 5.41) is 3.33. The third-order valence-corrected chi connectivity index (χ3v) is 3.27. The molecule has 5 heteroatoms. The number of nitrogens with one attached hydrogen (secondary N) is 1. The molecule has 0 fully saturated rings. The number of rotatable bonds is 5. The van der Waals surface area contributed by atoms with Gasteiger partial charge in [0, 0.05) is 22.6 Å². The third-order valence-electron chi connectivity index (χ3n) is 1.96. The summed E-state index contributed by atoms with van der Waals surface area (Å²) in [5.74, 6) is 1.58. The van der Waals surface area contributed by atoms with Crippen LogP contribution in [0.5, 0.6) is 0 Å². The Labute approximate surface area is 112 Å². The molecule has 0 aliphatic heterocycles. The maximum absolute atomic E-state index is 5.64. The van der Waals surface area contributed by atoms with E-state index in [1.165, 1.54) is 0 Å². The van der Waals surface area contributed by atoms with Crippen LogP contribution in [0.15, 0.2) is 21.2 Å². The van der Waals surface area contributed by atoms with E-state index in [4.69, 9.17) is 11.6 Å². The van der Waals surface area contributed by atoms with Crippen molar-refractivity contribution < 1.29 is 0 Å². The van der Waals surface area contributed by atoms with Crippen LogP contribution >= 0.6 is 43.5 Å². The molecular weight excluding hydrogens is 343 g/mol. The second kappa shape index (κ2) is 6.71. The van der Waals surface area contributed by atoms with Gasteiger partial charge in [-0.3, -0.25) is 0 Å². The maximum Gasteiger partial charge on any atom is 0.140 e. The van der Waals surface area contributed by atoms with Crippen molar-refractivity contribution in [3.05, 3.63) is 21.2 Å². The molecule has 84 valence electrons. The monoisotopic (exact) mass is 354 g/mol. The van der Waals surface area contributed by atoms with E-state index in [0.29, 0.717) is 11.9 Å². The summed E-state index contributed by atoms with van der Waals surface area (Å²) >= 11 is 12.5. The molecule has 0 aliphatic carbocycles. The molecule has 0 aromatic carbocycles. The van der Waals surface area contributed by atoms with Crippen molar-refractivity contribution in [2.75, 3.05) is 11.2 Å². The van der Waals surface area contributed by atoms with Gasteiger partial charge in [-0.1, -0.05) is 0 Å². The van der Waals surface area contributed by atoms with Crippen LogP contribution in [-0.2, 0) is 0 Å². The molecule has 15 heavy (non-hydrogen) atoms. The largest absolute Gasteiger partial charge is 0.367 e. The summed E-state index contributed by atoms with van der Waals surface area (Å²) in [6, 6.07) is 2.36. The molecule has 1 aromatic rings. The maximum atomic E-state index is 5.64. The minimum atomic E-state index is 0.383. The molecule has 0 aliphatic rings. The summed E-state index contributed by atoms with van der Waals surface area (Å²) in [4.78, 5) is 4.29. The Kier molecular flexibility index (Phi) is 5.94. The average Bonchev–Trinajstić information content (AvgIpc) is 2.19. The smallest absolute Gasteiger partial charge is 0.140 e. The highest BCUT2D eigenvalue weighted by Crippen LogP contribution is 2.24. The minimum absolute atomic E-state index is 0.383. The van der Waals surface area contributed by atoms with Crippen molar-refractivity contribution in [1.29, 1.82) is 0 Å². The topological polar surface area (TPSA) is 24.9 Å². The lowest BCUT2D eigenvalue weighted by Crippen LogP contribution is -2.16. The zero-order valence-corrected chi connectivity index (χ0v) is 12.4. The van der Waals surface area contributed by atoms with Crippen LogP contribution in [0.2, 0.25) is 0 Å². The first-order chi connectivity index (χ1) is 7.13. The molecule has 1 aromatic heterocycles. The van der Waals surface area contributed by atoms with Gasteiger partial charge in [0.15, 0.2) is 0 Å². The molecule has 0 radical (unpaired) electrons. The van der Waals surface area contributed by atoms with Gasteiger partial charge in [0.05, 0.1) is 4.47 Å². The lowest BCUT2D eigenvalue weighted by Gasteiger charge is -2.14. The van der Waals surface area contributed by atoms with Crippen molar-refractivity contribution in [3.63, 3.8) is 0 Å². The van der Waals surface area contributed by atoms with E-state index in [1.807, 2.05) is 6.07 Å². The molecule has 0 saturated carbocycles. The molecule has 1 unspecified atom stereocenters. The molecule has 1 rings (SSSR count). The minimum Gasteiger partial charge on any atom is -0.367 e. The van der Waals surface area contributed by atoms with E-state index in [1.54, 1.807) is 6.20 Å². The van der Waals surface area contributed by atoms with Crippen LogP contribution < -0.4 is 5.32 Å². The van der Waals surface area contributed by atoms with Gasteiger partial charge in [0.2, 0.25) is 0 Å². The molecule has 2 nitrogen and oxygen atoms in total. The Hall–Kier alpha value is 0.200. The molecule has 1 atom stereocenters. The summed E-state index contributed by atoms with van der Waals surface area (Å²) in [5.41, 5.74) is 0. The molecule has 0 bridgehead atoms. The van der Waals surface area contributed by atoms with E-state index in [9.17, 15) is 0 Å². The van der Waals surface area contributed by atoms with Crippen LogP contribution in [0.3, 0.4) is 0 Å². The number of alkyl halides is 1. The highest BCUT2D eigenvalue weighted by molar-refractivity contribution is 9.11. The lowest BCUT2D eigenvalue weighted by molar-refractivity contribution is 0.690. The standard InChI is InChI=1S/C10H13Br2ClN2/c1-7(3-2-4-13)15-10-9(12)5-8(11)6-14-10/h5-7H,2-4H2,1H3,(H,14,15). The lowest BCUT2D eigenvalue weighted by atomic mass is 10.2. The van der Waals surface area contributed by atoms with Crippen molar-refractivity contribution >= 4 is 49.3 Å². The van der Waals surface area contributed by atoms with Gasteiger partial charge in [-0.05, 0) is 57.7 Å². The van der Waals surface area contributed by atoms with Gasteiger partial charge in [-0.15, -0.1) is 11.6 Å². The Morgan fingerprint density at radius 2 is 2.27 bits per heavy atom. The summed E-state index contributed by atoms with van der Waals surface area (Å²) in [6.07, 6.45) is 3.85. The van der Waals surface area contributed by atoms with Gasteiger partial charge in [-0.25, -0.2) is 4.98 Å². The normalized spacial score (nSPS) is 12.5. The van der Waals surface area contributed by atoms with E-state index in [2.05, 4.69) is 49.1 Å². The fourth-order valence-electron chi connectivity index (χ4n) is 1.21. The highest BCUT2D eigenvalue weighted by atomic mass is 79.9. The molecule has 0 spiro atoms. The summed E-state index contributed by atoms with van der Waals surface area (Å²) < 4.78 is 1.93. The average molecular weight is 356 g/mol. The number of aromatic nitrogens is 1. The first-order valence-electron chi connectivity index (χ1n) is 4.77. The number of anilines is 1. The predicted octanol–water partition coefficient (Wildman–Crippen LogP) is 4.43. The Morgan fingerprint density at radius 3 is 2.87 bits per heavy atom. The van der Waals surface area contributed by atoms with Crippen LogP contribution in [0.1, 0.15) is 19.8 Å². The fourth-order valence-corrected chi connectivity index (χ4v) is 2.47. The van der Waals surface area contributed by atoms with Crippen LogP contribution in [0.25, 0.3) is 0 Å². The van der Waals surface area contributed by atoms with E-state index in [0.717, 1.165) is 27.6 Å². The van der Waals surface area contributed by atoms with Crippen LogP contribution in [-0.4, -0.2) is 16.9 Å². The number of nitrogens with zero attached hydrogens (tertiary/aromatic N) is 1. The molecule has 1 N–H and O–H groups in total. The van der Waals surface area contributed by atoms with Crippen molar-refractivity contribution in [1.82, 2.24) is 4.98 Å². The summed E-state index contributed by atoms with van der Waals surface area (Å²) in [7, 11) is 0. The number of hydrogen-bond acceptors (Lipinski definition) is 2. The van der Waals surface area contributed by atoms with E-state index in [-0.39, 0.29) is 0 Å². The fraction of sp³-hybridized carbons (Fsp3) is 0.500. The first kappa shape index (κ1) is 13.3. The predicted molar refractivity (Wildman–Crippen MR) is 72.7 cm³/mol. The van der Waals surface area contributed by atoms with Gasteiger partial charge in [-0.2, -0.15) is 0 Å². The van der Waals surface area contributed by atoms with Crippen molar-refractivity contribution in [3.8, 4) is 0 Å². The van der Waals surface area contributed by atoms with Gasteiger partial charge >= 0.3 is 0 Å². The number of pyridine rings is 1. The van der Waals surface area contributed by atoms with E-state index < -0.39 is 0 Å². The van der Waals surface area contributed by atoms with Gasteiger partial charge < -0.3 is 5.32 Å². The third kappa shape index (κ3) is 4.70. The molecule has 1 heterocycles. The van der Waals surface area contributed by atoms with Crippen LogP contribution in [0, 0.1) is 0 Å². The number of hydrogen-bond donors (Lipinski definition) is 1. The van der Waals surface area contributed by atoms with E-state index >= 15 is 0 Å². The zero-order valence-electron chi connectivity index (χ0n) is 8.43. The Morgan fingerprint density at radius 1 is 1.53 bits per heavy atom. The Bertz CT molecular complexity index is 320. The first-order valence-corrected chi connectivity index (χ1v) is 6.89. The second-order valence-electron chi connectivity index (χ2n) is 3.36. The van der Waals surface area contributed by atoms with Gasteiger partial charge in [0.25, 0.3) is 0 Å². The SMILES string of the molecule is CC(CCCCl)Nc1ncc(Br)cc1Br. The molecule has 0 amide bonds. The van der Waals surface area contributed by atoms with Crippen molar-refractivity contribution in [2.24, 2.45) is 0 Å². The number of halogens is 3. The Balaban J connectivity index is 2.56. The van der Waals surface area contributed by atoms with Crippen molar-refractivity contribution in [2.45, 2.75) is 25.8 Å². The second-order valence-corrected chi connectivity index (χ2v) is 5.51. The van der Waals surface area contributed by atoms with Crippen LogP contribution in [0.4, 0.5) is 5.82 Å². The zero-order chi connectivity index (χ0) is 11.3. The molecule has 0 saturated heterocycles. The quantitative estimate of drug-likeness (QED) is 0.790.